The third kappa shape index (κ3) is 4.99. The molecular formula is C6H15NZr. The third-order valence-corrected chi connectivity index (χ3v) is 1.34. The van der Waals surface area contributed by atoms with Crippen LogP contribution in [0.3, 0.4) is 0 Å². The summed E-state index contributed by atoms with van der Waals surface area (Å²) in [6.07, 6.45) is 0. The molecule has 0 amide bonds. The summed E-state index contributed by atoms with van der Waals surface area (Å²) in [6, 6.07) is 0. The van der Waals surface area contributed by atoms with Crippen LogP contribution in [-0.4, -0.2) is 24.5 Å². The minimum atomic E-state index is 0. The van der Waals surface area contributed by atoms with Crippen LogP contribution in [0.5, 0.6) is 0 Å². The molecule has 0 aliphatic carbocycles. The molecule has 0 radical (unpaired) electrons. The summed E-state index contributed by atoms with van der Waals surface area (Å²) in [5.41, 5.74) is 0. The van der Waals surface area contributed by atoms with Crippen LogP contribution in [0.2, 0.25) is 0 Å². The topological polar surface area (TPSA) is 3.24 Å². The van der Waals surface area contributed by atoms with Crippen molar-refractivity contribution in [2.75, 3.05) is 19.6 Å². The minimum Gasteiger partial charge on any atom is -0.304 e. The van der Waals surface area contributed by atoms with Gasteiger partial charge < -0.3 is 4.90 Å². The Bertz CT molecular complexity index is 30.0. The van der Waals surface area contributed by atoms with Gasteiger partial charge in [-0.1, -0.05) is 20.8 Å². The molecule has 0 bridgehead atoms. The quantitative estimate of drug-likeness (QED) is 0.652. The van der Waals surface area contributed by atoms with Crippen LogP contribution in [0, 0.1) is 0 Å². The van der Waals surface area contributed by atoms with E-state index < -0.39 is 0 Å². The van der Waals surface area contributed by atoms with Crippen molar-refractivity contribution in [3.8, 4) is 0 Å². The summed E-state index contributed by atoms with van der Waals surface area (Å²) in [6.45, 7) is 10.1. The predicted octanol–water partition coefficient (Wildman–Crippen LogP) is 1.35. The molecule has 0 N–H and O–H groups in total. The zero-order valence-corrected chi connectivity index (χ0v) is 8.53. The standard InChI is InChI=1S/C6H15N.Zr/c1-4-7(5-2)6-3;/h4-6H2,1-3H3;. The van der Waals surface area contributed by atoms with Crippen molar-refractivity contribution in [2.45, 2.75) is 20.8 Å². The number of hydrogen-bond acceptors (Lipinski definition) is 1. The van der Waals surface area contributed by atoms with Gasteiger partial charge >= 0.3 is 0 Å². The maximum Gasteiger partial charge on any atom is 0 e. The Balaban J connectivity index is 0. The van der Waals surface area contributed by atoms with Gasteiger partial charge in [0.25, 0.3) is 0 Å². The Morgan fingerprint density at radius 2 is 1.12 bits per heavy atom. The average Bonchev–Trinajstić information content (AvgIpc) is 1.72. The molecule has 0 aromatic heterocycles. The fraction of sp³-hybridized carbons (Fsp3) is 1.00. The second-order valence-electron chi connectivity index (χ2n) is 1.62. The Kier molecular flexibility index (Phi) is 11.4. The van der Waals surface area contributed by atoms with E-state index in [1.165, 1.54) is 19.6 Å². The minimum absolute atomic E-state index is 0. The second kappa shape index (κ2) is 7.84. The summed E-state index contributed by atoms with van der Waals surface area (Å²) in [5.74, 6) is 0. The first-order valence-electron chi connectivity index (χ1n) is 3.07. The van der Waals surface area contributed by atoms with Crippen molar-refractivity contribution in [2.24, 2.45) is 0 Å². The van der Waals surface area contributed by atoms with Crippen molar-refractivity contribution in [3.63, 3.8) is 0 Å². The van der Waals surface area contributed by atoms with Crippen molar-refractivity contribution in [3.05, 3.63) is 0 Å². The molecule has 48 valence electrons. The van der Waals surface area contributed by atoms with Crippen molar-refractivity contribution in [1.29, 1.82) is 0 Å². The van der Waals surface area contributed by atoms with Crippen LogP contribution in [0.25, 0.3) is 0 Å². The van der Waals surface area contributed by atoms with E-state index in [-0.39, 0.29) is 26.2 Å². The van der Waals surface area contributed by atoms with Gasteiger partial charge in [-0.25, -0.2) is 0 Å². The van der Waals surface area contributed by atoms with E-state index in [1.807, 2.05) is 0 Å². The number of hydrogen-bond donors (Lipinski definition) is 0. The number of nitrogens with zero attached hydrogens (tertiary/aromatic N) is 1. The van der Waals surface area contributed by atoms with Crippen LogP contribution >= 0.6 is 0 Å². The molecule has 8 heavy (non-hydrogen) atoms. The molecule has 0 aromatic carbocycles. The van der Waals surface area contributed by atoms with Gasteiger partial charge in [-0.3, -0.25) is 0 Å². The maximum absolute atomic E-state index is 2.38. The molecule has 0 rings (SSSR count). The Morgan fingerprint density at radius 1 is 0.875 bits per heavy atom. The average molecular weight is 192 g/mol. The molecular weight excluding hydrogens is 177 g/mol. The van der Waals surface area contributed by atoms with E-state index in [4.69, 9.17) is 0 Å². The first kappa shape index (κ1) is 11.6. The molecule has 0 unspecified atom stereocenters. The van der Waals surface area contributed by atoms with Gasteiger partial charge in [0.2, 0.25) is 0 Å². The van der Waals surface area contributed by atoms with Gasteiger partial charge in [0.15, 0.2) is 0 Å². The predicted molar refractivity (Wildman–Crippen MR) is 33.5 cm³/mol. The zero-order valence-electron chi connectivity index (χ0n) is 6.07. The van der Waals surface area contributed by atoms with Crippen molar-refractivity contribution >= 4 is 0 Å². The Labute approximate surface area is 71.6 Å². The smallest absolute Gasteiger partial charge is 0 e. The summed E-state index contributed by atoms with van der Waals surface area (Å²) in [5, 5.41) is 0. The van der Waals surface area contributed by atoms with Gasteiger partial charge in [0.1, 0.15) is 0 Å². The van der Waals surface area contributed by atoms with E-state index in [0.717, 1.165) is 0 Å². The van der Waals surface area contributed by atoms with E-state index in [2.05, 4.69) is 25.7 Å². The SMILES string of the molecule is CCN(CC)CC.[Zr]. The second-order valence-corrected chi connectivity index (χ2v) is 1.62. The molecule has 0 aliphatic heterocycles. The van der Waals surface area contributed by atoms with Crippen LogP contribution in [-0.2, 0) is 26.2 Å². The monoisotopic (exact) mass is 191 g/mol. The molecule has 0 aliphatic rings. The fourth-order valence-corrected chi connectivity index (χ4v) is 0.671. The molecule has 1 nitrogen and oxygen atoms in total. The van der Waals surface area contributed by atoms with Gasteiger partial charge in [-0.05, 0) is 19.6 Å². The van der Waals surface area contributed by atoms with E-state index >= 15 is 0 Å². The van der Waals surface area contributed by atoms with Crippen molar-refractivity contribution in [1.82, 2.24) is 4.90 Å². The largest absolute Gasteiger partial charge is 0.304 e. The maximum atomic E-state index is 2.38. The van der Waals surface area contributed by atoms with Crippen LogP contribution in [0.1, 0.15) is 20.8 Å². The zero-order chi connectivity index (χ0) is 5.70. The van der Waals surface area contributed by atoms with Crippen LogP contribution in [0.4, 0.5) is 0 Å². The van der Waals surface area contributed by atoms with Crippen LogP contribution < -0.4 is 0 Å². The fourth-order valence-electron chi connectivity index (χ4n) is 0.671. The van der Waals surface area contributed by atoms with Crippen LogP contribution in [0.15, 0.2) is 0 Å². The van der Waals surface area contributed by atoms with Gasteiger partial charge in [-0.2, -0.15) is 0 Å². The van der Waals surface area contributed by atoms with Gasteiger partial charge in [-0.15, -0.1) is 0 Å². The molecule has 0 spiro atoms. The van der Waals surface area contributed by atoms with Crippen molar-refractivity contribution < 1.29 is 26.2 Å². The van der Waals surface area contributed by atoms with E-state index in [9.17, 15) is 0 Å². The van der Waals surface area contributed by atoms with E-state index in [0.29, 0.717) is 0 Å². The van der Waals surface area contributed by atoms with Gasteiger partial charge in [0, 0.05) is 26.2 Å². The first-order chi connectivity index (χ1) is 3.35. The first-order valence-corrected chi connectivity index (χ1v) is 3.07. The third-order valence-electron chi connectivity index (χ3n) is 1.34. The van der Waals surface area contributed by atoms with E-state index in [1.54, 1.807) is 0 Å². The molecule has 2 heteroatoms. The summed E-state index contributed by atoms with van der Waals surface area (Å²) >= 11 is 0. The normalized spacial score (nSPS) is 9.00. The molecule has 0 aromatic rings. The summed E-state index contributed by atoms with van der Waals surface area (Å²) < 4.78 is 0. The molecule has 0 fully saturated rings. The Hall–Kier alpha value is 0.843. The molecule has 0 saturated carbocycles. The molecule has 0 heterocycles. The Morgan fingerprint density at radius 3 is 1.12 bits per heavy atom. The summed E-state index contributed by atoms with van der Waals surface area (Å²) in [7, 11) is 0. The van der Waals surface area contributed by atoms with Gasteiger partial charge in [0.05, 0.1) is 0 Å². The molecule has 0 atom stereocenters. The number of rotatable bonds is 3. The summed E-state index contributed by atoms with van der Waals surface area (Å²) in [4.78, 5) is 2.38. The molecule has 0 saturated heterocycles.